The summed E-state index contributed by atoms with van der Waals surface area (Å²) in [4.78, 5) is 18.6. The lowest BCUT2D eigenvalue weighted by atomic mass is 10.0. The number of nitrogens with one attached hydrogen (secondary N) is 3. The molecule has 0 saturated heterocycles. The molecule has 178 valence electrons. The molecule has 1 aliphatic carbocycles. The summed E-state index contributed by atoms with van der Waals surface area (Å²) in [5.41, 5.74) is 3.40. The zero-order valence-corrected chi connectivity index (χ0v) is 20.6. The van der Waals surface area contributed by atoms with Crippen LogP contribution in [-0.4, -0.2) is 52.5 Å². The van der Waals surface area contributed by atoms with Crippen LogP contribution in [0.4, 0.5) is 5.69 Å². The molecule has 1 saturated carbocycles. The highest BCUT2D eigenvalue weighted by atomic mass is 32.2. The smallest absolute Gasteiger partial charge is 0.271 e. The average Bonchev–Trinajstić information content (AvgIpc) is 3.39. The monoisotopic (exact) mass is 471 g/mol. The lowest BCUT2D eigenvalue weighted by Gasteiger charge is -2.15. The topological polar surface area (TPSA) is 103 Å². The number of anilines is 1. The summed E-state index contributed by atoms with van der Waals surface area (Å²) in [6.45, 7) is 5.35. The van der Waals surface area contributed by atoms with Crippen LogP contribution in [0.2, 0.25) is 0 Å². The molecule has 3 N–H and O–H groups in total. The maximum atomic E-state index is 13.5. The number of hydrogen-bond acceptors (Lipinski definition) is 6. The molecule has 0 aliphatic heterocycles. The van der Waals surface area contributed by atoms with Crippen LogP contribution in [0.5, 0.6) is 0 Å². The molecular formula is C24H33N5O3S. The van der Waals surface area contributed by atoms with Crippen LogP contribution in [-0.2, 0) is 11.0 Å². The third-order valence-electron chi connectivity index (χ3n) is 6.17. The van der Waals surface area contributed by atoms with E-state index in [4.69, 9.17) is 4.52 Å². The van der Waals surface area contributed by atoms with Crippen molar-refractivity contribution in [3.05, 3.63) is 40.0 Å². The minimum absolute atomic E-state index is 0.191. The molecule has 9 heteroatoms. The maximum absolute atomic E-state index is 13.5. The summed E-state index contributed by atoms with van der Waals surface area (Å²) in [5.74, 6) is 0.689. The zero-order chi connectivity index (χ0) is 23.5. The van der Waals surface area contributed by atoms with Crippen LogP contribution in [0.15, 0.2) is 32.4 Å². The summed E-state index contributed by atoms with van der Waals surface area (Å²) in [5, 5.41) is 8.08. The number of aryl methyl sites for hydroxylation is 2. The Labute approximate surface area is 196 Å². The second kappa shape index (κ2) is 10.2. The third-order valence-corrected chi connectivity index (χ3v) is 7.46. The molecule has 1 atom stereocenters. The molecule has 0 spiro atoms. The van der Waals surface area contributed by atoms with Gasteiger partial charge in [0.15, 0.2) is 0 Å². The number of aromatic nitrogens is 2. The number of rotatable bonds is 9. The first-order valence-electron chi connectivity index (χ1n) is 11.5. The fourth-order valence-electron chi connectivity index (χ4n) is 4.48. The molecule has 8 nitrogen and oxygen atoms in total. The van der Waals surface area contributed by atoms with Crippen molar-refractivity contribution in [3.63, 3.8) is 0 Å². The number of aromatic amines is 1. The Kier molecular flexibility index (Phi) is 7.31. The van der Waals surface area contributed by atoms with Crippen molar-refractivity contribution in [2.24, 2.45) is 0 Å². The molecule has 2 aromatic heterocycles. The lowest BCUT2D eigenvalue weighted by molar-refractivity contribution is 0.393. The van der Waals surface area contributed by atoms with Crippen molar-refractivity contribution in [1.82, 2.24) is 19.8 Å². The standard InChI is InChI=1S/C24H33N5O3S/c1-15-23(16(2)32-27-15)17-12-20-19(22(13-17)33(31)28-18-8-5-6-9-18)14-21(24(30)26-20)25-10-7-11-29(3)4/h12-14,18,25,28H,5-11H2,1-4H3,(H,26,30). The van der Waals surface area contributed by atoms with Gasteiger partial charge in [0.05, 0.1) is 16.1 Å². The first-order chi connectivity index (χ1) is 15.8. The van der Waals surface area contributed by atoms with Crippen LogP contribution in [0.25, 0.3) is 22.0 Å². The Morgan fingerprint density at radius 3 is 2.64 bits per heavy atom. The lowest BCUT2D eigenvalue weighted by Crippen LogP contribution is -2.28. The zero-order valence-electron chi connectivity index (χ0n) is 19.8. The number of nitrogens with zero attached hydrogens (tertiary/aromatic N) is 2. The quantitative estimate of drug-likeness (QED) is 0.411. The molecular weight excluding hydrogens is 438 g/mol. The van der Waals surface area contributed by atoms with Gasteiger partial charge in [0.25, 0.3) is 5.56 Å². The van der Waals surface area contributed by atoms with Crippen molar-refractivity contribution in [2.45, 2.75) is 56.9 Å². The Morgan fingerprint density at radius 1 is 1.21 bits per heavy atom. The Morgan fingerprint density at radius 2 is 1.97 bits per heavy atom. The highest BCUT2D eigenvalue weighted by molar-refractivity contribution is 7.83. The minimum Gasteiger partial charge on any atom is -0.381 e. The van der Waals surface area contributed by atoms with Gasteiger partial charge in [0.1, 0.15) is 22.4 Å². The van der Waals surface area contributed by atoms with E-state index in [2.05, 4.69) is 25.1 Å². The largest absolute Gasteiger partial charge is 0.381 e. The number of benzene rings is 1. The van der Waals surface area contributed by atoms with Gasteiger partial charge in [-0.15, -0.1) is 0 Å². The van der Waals surface area contributed by atoms with E-state index in [-0.39, 0.29) is 11.6 Å². The van der Waals surface area contributed by atoms with Gasteiger partial charge in [-0.3, -0.25) is 4.79 Å². The van der Waals surface area contributed by atoms with Gasteiger partial charge in [0, 0.05) is 23.5 Å². The molecule has 1 fully saturated rings. The summed E-state index contributed by atoms with van der Waals surface area (Å²) in [7, 11) is 2.63. The summed E-state index contributed by atoms with van der Waals surface area (Å²) >= 11 is 0. The van der Waals surface area contributed by atoms with E-state index < -0.39 is 11.0 Å². The van der Waals surface area contributed by atoms with Gasteiger partial charge in [-0.2, -0.15) is 0 Å². The fraction of sp³-hybridized carbons (Fsp3) is 0.500. The van der Waals surface area contributed by atoms with E-state index in [1.807, 2.05) is 46.1 Å². The fourth-order valence-corrected chi connectivity index (χ4v) is 5.75. The van der Waals surface area contributed by atoms with E-state index in [1.165, 1.54) is 0 Å². The van der Waals surface area contributed by atoms with Crippen molar-refractivity contribution in [1.29, 1.82) is 0 Å². The first-order valence-corrected chi connectivity index (χ1v) is 12.7. The second-order valence-electron chi connectivity index (χ2n) is 9.10. The maximum Gasteiger partial charge on any atom is 0.271 e. The first kappa shape index (κ1) is 23.7. The van der Waals surface area contributed by atoms with Gasteiger partial charge in [0.2, 0.25) is 0 Å². The third kappa shape index (κ3) is 5.37. The highest BCUT2D eigenvalue weighted by Crippen LogP contribution is 2.33. The summed E-state index contributed by atoms with van der Waals surface area (Å²) < 4.78 is 22.1. The van der Waals surface area contributed by atoms with Crippen molar-refractivity contribution < 1.29 is 8.73 Å². The van der Waals surface area contributed by atoms with Gasteiger partial charge in [-0.05, 0) is 77.5 Å². The average molecular weight is 472 g/mol. The molecule has 3 aromatic rings. The highest BCUT2D eigenvalue weighted by Gasteiger charge is 2.22. The number of fused-ring (bicyclic) bond motifs is 1. The molecule has 4 rings (SSSR count). The van der Waals surface area contributed by atoms with E-state index in [1.54, 1.807) is 0 Å². The van der Waals surface area contributed by atoms with E-state index in [0.29, 0.717) is 28.4 Å². The Bertz CT molecular complexity index is 1190. The van der Waals surface area contributed by atoms with Crippen molar-refractivity contribution in [2.75, 3.05) is 32.5 Å². The van der Waals surface area contributed by atoms with Gasteiger partial charge in [-0.25, -0.2) is 8.93 Å². The van der Waals surface area contributed by atoms with Crippen LogP contribution in [0.3, 0.4) is 0 Å². The molecule has 0 bridgehead atoms. The molecule has 2 heterocycles. The van der Waals surface area contributed by atoms with Crippen LogP contribution in [0.1, 0.15) is 43.6 Å². The SMILES string of the molecule is Cc1noc(C)c1-c1cc(S(=O)NC2CCCC2)c2cc(NCCCN(C)C)c(=O)[nH]c2c1. The Balaban J connectivity index is 1.76. The molecule has 0 radical (unpaired) electrons. The number of pyridine rings is 1. The molecule has 1 aliphatic rings. The Hall–Kier alpha value is -2.49. The molecule has 33 heavy (non-hydrogen) atoms. The van der Waals surface area contributed by atoms with Crippen molar-refractivity contribution in [3.8, 4) is 11.1 Å². The van der Waals surface area contributed by atoms with Gasteiger partial charge >= 0.3 is 0 Å². The number of H-pyrrole nitrogens is 1. The van der Waals surface area contributed by atoms with E-state index in [9.17, 15) is 9.00 Å². The molecule has 1 aromatic carbocycles. The predicted octanol–water partition coefficient (Wildman–Crippen LogP) is 3.72. The van der Waals surface area contributed by atoms with Crippen LogP contribution in [0, 0.1) is 13.8 Å². The summed E-state index contributed by atoms with van der Waals surface area (Å²) in [6.07, 6.45) is 5.29. The predicted molar refractivity (Wildman–Crippen MR) is 133 cm³/mol. The van der Waals surface area contributed by atoms with Crippen LogP contribution < -0.4 is 15.6 Å². The van der Waals surface area contributed by atoms with E-state index in [0.717, 1.165) is 60.9 Å². The van der Waals surface area contributed by atoms with E-state index >= 15 is 0 Å². The molecule has 0 amide bonds. The van der Waals surface area contributed by atoms with Gasteiger partial charge < -0.3 is 19.7 Å². The van der Waals surface area contributed by atoms with Gasteiger partial charge in [-0.1, -0.05) is 18.0 Å². The van der Waals surface area contributed by atoms with Crippen molar-refractivity contribution >= 4 is 27.6 Å². The molecule has 1 unspecified atom stereocenters. The van der Waals surface area contributed by atoms with Crippen LogP contribution >= 0.6 is 0 Å². The second-order valence-corrected chi connectivity index (χ2v) is 10.3. The normalized spacial score (nSPS) is 15.5. The number of hydrogen-bond donors (Lipinski definition) is 3. The minimum atomic E-state index is -1.42. The summed E-state index contributed by atoms with van der Waals surface area (Å²) in [6, 6.07) is 5.91.